The molecule has 1 aromatic rings. The number of ether oxygens (including phenoxy) is 1. The van der Waals surface area contributed by atoms with E-state index in [1.54, 1.807) is 6.07 Å². The average molecular weight is 464 g/mol. The molecule has 1 saturated heterocycles. The summed E-state index contributed by atoms with van der Waals surface area (Å²) in [6.07, 6.45) is 6.74. The van der Waals surface area contributed by atoms with E-state index in [-0.39, 0.29) is 22.6 Å². The van der Waals surface area contributed by atoms with Crippen LogP contribution < -0.4 is 10.1 Å². The smallest absolute Gasteiger partial charge is 0.265 e. The van der Waals surface area contributed by atoms with Gasteiger partial charge in [-0.2, -0.15) is 4.31 Å². The lowest BCUT2D eigenvalue weighted by Crippen LogP contribution is -2.46. The van der Waals surface area contributed by atoms with Crippen LogP contribution in [0, 0.1) is 5.92 Å². The molecular weight excluding hydrogens is 430 g/mol. The average Bonchev–Trinajstić information content (AvgIpc) is 2.82. The van der Waals surface area contributed by atoms with Crippen LogP contribution >= 0.6 is 0 Å². The SMILES string of the molecule is CC[C@H]1Oc2ccc(S(=O)(=O)N3CCC(C(=O)N(C)C4CCCCC4)CC3)cc2NC1=O. The lowest BCUT2D eigenvalue weighted by molar-refractivity contribution is -0.138. The van der Waals surface area contributed by atoms with Gasteiger partial charge in [-0.05, 0) is 50.3 Å². The first-order chi connectivity index (χ1) is 15.3. The zero-order valence-electron chi connectivity index (χ0n) is 18.9. The van der Waals surface area contributed by atoms with Gasteiger partial charge in [-0.3, -0.25) is 9.59 Å². The molecule has 0 bridgehead atoms. The van der Waals surface area contributed by atoms with E-state index < -0.39 is 16.1 Å². The van der Waals surface area contributed by atoms with Crippen molar-refractivity contribution in [2.24, 2.45) is 5.92 Å². The normalized spacial score (nSPS) is 23.2. The second-order valence-electron chi connectivity index (χ2n) is 9.08. The maximum Gasteiger partial charge on any atom is 0.265 e. The number of anilines is 1. The van der Waals surface area contributed by atoms with Gasteiger partial charge >= 0.3 is 0 Å². The summed E-state index contributed by atoms with van der Waals surface area (Å²) in [4.78, 5) is 27.1. The Kier molecular flexibility index (Phi) is 6.76. The van der Waals surface area contributed by atoms with Crippen molar-refractivity contribution < 1.29 is 22.7 Å². The molecule has 2 fully saturated rings. The second kappa shape index (κ2) is 9.39. The number of carbonyl (C=O) groups excluding carboxylic acids is 2. The molecule has 1 saturated carbocycles. The number of hydrogen-bond donors (Lipinski definition) is 1. The summed E-state index contributed by atoms with van der Waals surface area (Å²) in [5.41, 5.74) is 0.375. The molecule has 3 aliphatic rings. The largest absolute Gasteiger partial charge is 0.478 e. The van der Waals surface area contributed by atoms with Gasteiger partial charge in [0.25, 0.3) is 5.91 Å². The molecular formula is C23H33N3O5S. The number of fused-ring (bicyclic) bond motifs is 1. The van der Waals surface area contributed by atoms with Crippen LogP contribution in [0.1, 0.15) is 58.3 Å². The summed E-state index contributed by atoms with van der Waals surface area (Å²) in [5, 5.41) is 2.74. The third-order valence-corrected chi connectivity index (χ3v) is 8.95. The zero-order valence-corrected chi connectivity index (χ0v) is 19.7. The van der Waals surface area contributed by atoms with Crippen molar-refractivity contribution in [3.05, 3.63) is 18.2 Å². The molecule has 0 aromatic heterocycles. The number of benzene rings is 1. The minimum absolute atomic E-state index is 0.124. The maximum atomic E-state index is 13.2. The number of amides is 2. The Morgan fingerprint density at radius 1 is 1.16 bits per heavy atom. The van der Waals surface area contributed by atoms with Crippen molar-refractivity contribution in [3.8, 4) is 5.75 Å². The Morgan fingerprint density at radius 2 is 1.84 bits per heavy atom. The highest BCUT2D eigenvalue weighted by Crippen LogP contribution is 2.34. The van der Waals surface area contributed by atoms with Crippen molar-refractivity contribution in [3.63, 3.8) is 0 Å². The molecule has 2 heterocycles. The fourth-order valence-corrected chi connectivity index (χ4v) is 6.48. The Hall–Kier alpha value is -2.13. The Bertz CT molecular complexity index is 966. The predicted octanol–water partition coefficient (Wildman–Crippen LogP) is 2.99. The highest BCUT2D eigenvalue weighted by Gasteiger charge is 2.35. The van der Waals surface area contributed by atoms with E-state index in [0.29, 0.717) is 49.8 Å². The van der Waals surface area contributed by atoms with Gasteiger partial charge in [-0.1, -0.05) is 26.2 Å². The number of nitrogens with one attached hydrogen (secondary N) is 1. The third kappa shape index (κ3) is 4.50. The number of hydrogen-bond acceptors (Lipinski definition) is 5. The predicted molar refractivity (Wildman–Crippen MR) is 121 cm³/mol. The van der Waals surface area contributed by atoms with E-state index in [1.807, 2.05) is 18.9 Å². The monoisotopic (exact) mass is 463 g/mol. The summed E-state index contributed by atoms with van der Waals surface area (Å²) in [6.45, 7) is 2.49. The van der Waals surface area contributed by atoms with Crippen LogP contribution in [0.25, 0.3) is 0 Å². The molecule has 2 amide bonds. The molecule has 8 nitrogen and oxygen atoms in total. The minimum Gasteiger partial charge on any atom is -0.478 e. The highest BCUT2D eigenvalue weighted by atomic mass is 32.2. The fraction of sp³-hybridized carbons (Fsp3) is 0.652. The molecule has 1 aliphatic carbocycles. The second-order valence-corrected chi connectivity index (χ2v) is 11.0. The van der Waals surface area contributed by atoms with Crippen molar-refractivity contribution in [1.29, 1.82) is 0 Å². The van der Waals surface area contributed by atoms with Gasteiger partial charge < -0.3 is 15.0 Å². The van der Waals surface area contributed by atoms with E-state index >= 15 is 0 Å². The molecule has 1 N–H and O–H groups in total. The van der Waals surface area contributed by atoms with Crippen molar-refractivity contribution in [1.82, 2.24) is 9.21 Å². The van der Waals surface area contributed by atoms with E-state index in [2.05, 4.69) is 5.32 Å². The molecule has 32 heavy (non-hydrogen) atoms. The summed E-state index contributed by atoms with van der Waals surface area (Å²) in [6, 6.07) is 4.90. The molecule has 0 spiro atoms. The standard InChI is InChI=1S/C23H33N3O5S/c1-3-20-22(27)24-19-15-18(9-10-21(19)31-20)32(29,30)26-13-11-16(12-14-26)23(28)25(2)17-7-5-4-6-8-17/h9-10,15-17,20H,3-8,11-14H2,1-2H3,(H,24,27)/t20-/m1/s1. The molecule has 4 rings (SSSR count). The summed E-state index contributed by atoms with van der Waals surface area (Å²) >= 11 is 0. The third-order valence-electron chi connectivity index (χ3n) is 7.05. The fourth-order valence-electron chi connectivity index (χ4n) is 4.99. The molecule has 0 radical (unpaired) electrons. The lowest BCUT2D eigenvalue weighted by atomic mass is 9.91. The Morgan fingerprint density at radius 3 is 2.50 bits per heavy atom. The molecule has 0 unspecified atom stereocenters. The lowest BCUT2D eigenvalue weighted by Gasteiger charge is -2.36. The van der Waals surface area contributed by atoms with Gasteiger partial charge in [-0.15, -0.1) is 0 Å². The molecule has 176 valence electrons. The number of nitrogens with zero attached hydrogens (tertiary/aromatic N) is 2. The zero-order chi connectivity index (χ0) is 22.9. The van der Waals surface area contributed by atoms with Crippen molar-refractivity contribution >= 4 is 27.5 Å². The first kappa shape index (κ1) is 23.0. The topological polar surface area (TPSA) is 96.0 Å². The van der Waals surface area contributed by atoms with Crippen molar-refractivity contribution in [2.75, 3.05) is 25.5 Å². The van der Waals surface area contributed by atoms with E-state index in [4.69, 9.17) is 4.74 Å². The van der Waals surface area contributed by atoms with Gasteiger partial charge in [0, 0.05) is 32.1 Å². The highest BCUT2D eigenvalue weighted by molar-refractivity contribution is 7.89. The first-order valence-electron chi connectivity index (χ1n) is 11.7. The van der Waals surface area contributed by atoms with Gasteiger partial charge in [0.15, 0.2) is 6.10 Å². The van der Waals surface area contributed by atoms with Gasteiger partial charge in [0.05, 0.1) is 10.6 Å². The van der Waals surface area contributed by atoms with Crippen LogP contribution in [-0.4, -0.2) is 61.7 Å². The number of sulfonamides is 1. The molecule has 1 aromatic carbocycles. The van der Waals surface area contributed by atoms with Crippen LogP contribution in [0.2, 0.25) is 0 Å². The van der Waals surface area contributed by atoms with Crippen LogP contribution in [0.5, 0.6) is 5.75 Å². The summed E-state index contributed by atoms with van der Waals surface area (Å²) in [5.74, 6) is 0.227. The minimum atomic E-state index is -3.72. The number of carbonyl (C=O) groups is 2. The van der Waals surface area contributed by atoms with Crippen LogP contribution in [-0.2, 0) is 19.6 Å². The summed E-state index contributed by atoms with van der Waals surface area (Å²) in [7, 11) is -1.82. The van der Waals surface area contributed by atoms with Crippen molar-refractivity contribution in [2.45, 2.75) is 75.3 Å². The van der Waals surface area contributed by atoms with E-state index in [9.17, 15) is 18.0 Å². The van der Waals surface area contributed by atoms with Crippen LogP contribution in [0.3, 0.4) is 0 Å². The Balaban J connectivity index is 1.40. The van der Waals surface area contributed by atoms with Gasteiger partial charge in [0.2, 0.25) is 15.9 Å². The van der Waals surface area contributed by atoms with E-state index in [0.717, 1.165) is 12.8 Å². The van der Waals surface area contributed by atoms with Crippen LogP contribution in [0.15, 0.2) is 23.1 Å². The molecule has 2 aliphatic heterocycles. The number of piperidine rings is 1. The number of rotatable bonds is 5. The van der Waals surface area contributed by atoms with E-state index in [1.165, 1.54) is 35.7 Å². The molecule has 1 atom stereocenters. The van der Waals surface area contributed by atoms with Gasteiger partial charge in [0.1, 0.15) is 5.75 Å². The maximum absolute atomic E-state index is 13.2. The quantitative estimate of drug-likeness (QED) is 0.724. The van der Waals surface area contributed by atoms with Crippen LogP contribution in [0.4, 0.5) is 5.69 Å². The Labute approximate surface area is 190 Å². The molecule has 9 heteroatoms. The first-order valence-corrected chi connectivity index (χ1v) is 13.1. The van der Waals surface area contributed by atoms with Gasteiger partial charge in [-0.25, -0.2) is 8.42 Å². The summed E-state index contributed by atoms with van der Waals surface area (Å²) < 4.78 is 33.5.